The van der Waals surface area contributed by atoms with E-state index >= 15 is 0 Å². The van der Waals surface area contributed by atoms with Crippen molar-refractivity contribution in [1.82, 2.24) is 18.4 Å². The van der Waals surface area contributed by atoms with Crippen molar-refractivity contribution in [1.29, 1.82) is 0 Å². The number of benzene rings is 1. The van der Waals surface area contributed by atoms with Gasteiger partial charge in [-0.1, -0.05) is 26.0 Å². The molecule has 3 rings (SSSR count). The average molecular weight is 427 g/mol. The van der Waals surface area contributed by atoms with Gasteiger partial charge in [-0.3, -0.25) is 4.68 Å². The molecule has 2 aromatic rings. The summed E-state index contributed by atoms with van der Waals surface area (Å²) in [4.78, 5) is 0.395. The Morgan fingerprint density at radius 1 is 0.893 bits per heavy atom. The van der Waals surface area contributed by atoms with Crippen LogP contribution >= 0.6 is 0 Å². The minimum absolute atomic E-state index is 0.111. The first-order valence-electron chi connectivity index (χ1n) is 9.14. The number of rotatable bonds is 5. The van der Waals surface area contributed by atoms with Crippen molar-refractivity contribution in [2.45, 2.75) is 36.5 Å². The van der Waals surface area contributed by atoms with Gasteiger partial charge in [-0.2, -0.15) is 13.7 Å². The van der Waals surface area contributed by atoms with E-state index in [9.17, 15) is 16.8 Å². The molecule has 1 aromatic carbocycles. The van der Waals surface area contributed by atoms with Crippen LogP contribution in [0.1, 0.15) is 31.0 Å². The molecule has 10 heteroatoms. The van der Waals surface area contributed by atoms with Crippen LogP contribution in [-0.4, -0.2) is 61.4 Å². The van der Waals surface area contributed by atoms with Crippen LogP contribution in [0.15, 0.2) is 40.3 Å². The molecule has 0 spiro atoms. The normalized spacial score (nSPS) is 17.3. The number of hydrogen-bond acceptors (Lipinski definition) is 5. The maximum atomic E-state index is 12.9. The molecule has 1 aliphatic rings. The first-order chi connectivity index (χ1) is 13.0. The maximum Gasteiger partial charge on any atom is 0.246 e. The molecule has 0 bridgehead atoms. The zero-order valence-electron chi connectivity index (χ0n) is 16.5. The molecule has 0 N–H and O–H groups in total. The SMILES string of the molecule is Cc1c(S(=O)(=O)N2CCN(S(=O)(=O)c3ccc(C(C)C)cc3)CC2)cnn1C. The van der Waals surface area contributed by atoms with Gasteiger partial charge < -0.3 is 0 Å². The van der Waals surface area contributed by atoms with Crippen molar-refractivity contribution in [3.05, 3.63) is 41.7 Å². The van der Waals surface area contributed by atoms with Crippen LogP contribution in [0.4, 0.5) is 0 Å². The second kappa shape index (κ2) is 7.58. The topological polar surface area (TPSA) is 92.6 Å². The van der Waals surface area contributed by atoms with Gasteiger partial charge in [0.05, 0.1) is 16.8 Å². The molecule has 0 aliphatic carbocycles. The van der Waals surface area contributed by atoms with Gasteiger partial charge in [0.1, 0.15) is 4.90 Å². The monoisotopic (exact) mass is 426 g/mol. The molecule has 2 heterocycles. The average Bonchev–Trinajstić information content (AvgIpc) is 3.01. The molecule has 1 fully saturated rings. The second-order valence-electron chi connectivity index (χ2n) is 7.25. The summed E-state index contributed by atoms with van der Waals surface area (Å²) in [5, 5.41) is 4.00. The highest BCUT2D eigenvalue weighted by molar-refractivity contribution is 7.89. The number of aryl methyl sites for hydroxylation is 1. The Morgan fingerprint density at radius 2 is 1.39 bits per heavy atom. The summed E-state index contributed by atoms with van der Waals surface area (Å²) in [5.74, 6) is 0.321. The second-order valence-corrected chi connectivity index (χ2v) is 11.1. The smallest absolute Gasteiger partial charge is 0.246 e. The lowest BCUT2D eigenvalue weighted by molar-refractivity contribution is 0.272. The highest BCUT2D eigenvalue weighted by atomic mass is 32.2. The van der Waals surface area contributed by atoms with Crippen LogP contribution in [-0.2, 0) is 27.1 Å². The first kappa shape index (κ1) is 21.0. The summed E-state index contributed by atoms with van der Waals surface area (Å²) < 4.78 is 55.7. The lowest BCUT2D eigenvalue weighted by atomic mass is 10.0. The van der Waals surface area contributed by atoms with Crippen LogP contribution in [0.25, 0.3) is 0 Å². The number of nitrogens with zero attached hydrogens (tertiary/aromatic N) is 4. The van der Waals surface area contributed by atoms with Crippen LogP contribution in [0.2, 0.25) is 0 Å². The van der Waals surface area contributed by atoms with Crippen LogP contribution in [0.5, 0.6) is 0 Å². The standard InChI is InChI=1S/C18H26N4O4S2/c1-14(2)16-5-7-17(8-6-16)27(23,24)21-9-11-22(12-10-21)28(25,26)18-13-19-20(4)15(18)3/h5-8,13-14H,9-12H2,1-4H3. The van der Waals surface area contributed by atoms with E-state index in [-0.39, 0.29) is 36.0 Å². The molecule has 154 valence electrons. The molecule has 28 heavy (non-hydrogen) atoms. The molecule has 0 atom stereocenters. The van der Waals surface area contributed by atoms with Gasteiger partial charge >= 0.3 is 0 Å². The largest absolute Gasteiger partial charge is 0.272 e. The van der Waals surface area contributed by atoms with E-state index in [1.165, 1.54) is 19.5 Å². The Labute approximate surface area is 166 Å². The molecular weight excluding hydrogens is 400 g/mol. The lowest BCUT2D eigenvalue weighted by Gasteiger charge is -2.33. The quantitative estimate of drug-likeness (QED) is 0.723. The van der Waals surface area contributed by atoms with Gasteiger partial charge in [0.2, 0.25) is 20.0 Å². The summed E-state index contributed by atoms with van der Waals surface area (Å²) in [6.45, 7) is 6.25. The Bertz CT molecular complexity index is 1050. The summed E-state index contributed by atoms with van der Waals surface area (Å²) >= 11 is 0. The van der Waals surface area contributed by atoms with Crippen molar-refractivity contribution < 1.29 is 16.8 Å². The van der Waals surface area contributed by atoms with Gasteiger partial charge in [-0.15, -0.1) is 0 Å². The van der Waals surface area contributed by atoms with E-state index in [2.05, 4.69) is 5.10 Å². The molecular formula is C18H26N4O4S2. The van der Waals surface area contributed by atoms with Gasteiger partial charge in [0, 0.05) is 33.2 Å². The Morgan fingerprint density at radius 3 is 1.82 bits per heavy atom. The molecule has 0 saturated carbocycles. The molecule has 0 radical (unpaired) electrons. The number of aromatic nitrogens is 2. The number of sulfonamides is 2. The number of piperazine rings is 1. The third-order valence-corrected chi connectivity index (χ3v) is 9.10. The predicted molar refractivity (Wildman–Crippen MR) is 106 cm³/mol. The molecule has 1 saturated heterocycles. The van der Waals surface area contributed by atoms with E-state index in [0.29, 0.717) is 11.6 Å². The Balaban J connectivity index is 1.75. The minimum atomic E-state index is -3.69. The van der Waals surface area contributed by atoms with Crippen molar-refractivity contribution in [2.24, 2.45) is 7.05 Å². The minimum Gasteiger partial charge on any atom is -0.272 e. The van der Waals surface area contributed by atoms with E-state index in [1.54, 1.807) is 26.1 Å². The summed E-state index contributed by atoms with van der Waals surface area (Å²) in [7, 11) is -5.65. The van der Waals surface area contributed by atoms with E-state index in [0.717, 1.165) is 5.56 Å². The molecule has 0 amide bonds. The van der Waals surface area contributed by atoms with E-state index < -0.39 is 20.0 Å². The van der Waals surface area contributed by atoms with Crippen LogP contribution in [0.3, 0.4) is 0 Å². The first-order valence-corrected chi connectivity index (χ1v) is 12.0. The molecule has 0 unspecified atom stereocenters. The van der Waals surface area contributed by atoms with E-state index in [4.69, 9.17) is 0 Å². The van der Waals surface area contributed by atoms with E-state index in [1.807, 2.05) is 26.0 Å². The van der Waals surface area contributed by atoms with Gasteiger partial charge in [-0.05, 0) is 30.5 Å². The van der Waals surface area contributed by atoms with Crippen LogP contribution in [0, 0.1) is 6.92 Å². The van der Waals surface area contributed by atoms with Gasteiger partial charge in [0.25, 0.3) is 0 Å². The molecule has 1 aromatic heterocycles. The highest BCUT2D eigenvalue weighted by Crippen LogP contribution is 2.24. The fourth-order valence-electron chi connectivity index (χ4n) is 3.20. The zero-order chi connectivity index (χ0) is 20.7. The maximum absolute atomic E-state index is 12.9. The zero-order valence-corrected chi connectivity index (χ0v) is 18.2. The molecule has 1 aliphatic heterocycles. The summed E-state index contributed by atoms with van der Waals surface area (Å²) in [6.07, 6.45) is 1.34. The van der Waals surface area contributed by atoms with Crippen molar-refractivity contribution in [2.75, 3.05) is 26.2 Å². The summed E-state index contributed by atoms with van der Waals surface area (Å²) in [5.41, 5.74) is 1.63. The molecule has 8 nitrogen and oxygen atoms in total. The van der Waals surface area contributed by atoms with Gasteiger partial charge in [-0.25, -0.2) is 16.8 Å². The third-order valence-electron chi connectivity index (χ3n) is 5.19. The number of hydrogen-bond donors (Lipinski definition) is 0. The summed E-state index contributed by atoms with van der Waals surface area (Å²) in [6, 6.07) is 6.88. The third kappa shape index (κ3) is 3.73. The Kier molecular flexibility index (Phi) is 5.68. The highest BCUT2D eigenvalue weighted by Gasteiger charge is 2.35. The van der Waals surface area contributed by atoms with Crippen molar-refractivity contribution in [3.8, 4) is 0 Å². The van der Waals surface area contributed by atoms with Gasteiger partial charge in [0.15, 0.2) is 0 Å². The van der Waals surface area contributed by atoms with Crippen molar-refractivity contribution >= 4 is 20.0 Å². The lowest BCUT2D eigenvalue weighted by Crippen LogP contribution is -2.50. The fourth-order valence-corrected chi connectivity index (χ4v) is 6.23. The van der Waals surface area contributed by atoms with Crippen molar-refractivity contribution in [3.63, 3.8) is 0 Å². The fraction of sp³-hybridized carbons (Fsp3) is 0.500. The van der Waals surface area contributed by atoms with Crippen LogP contribution < -0.4 is 0 Å². The Hall–Kier alpha value is -1.75. The predicted octanol–water partition coefficient (Wildman–Crippen LogP) is 1.55.